The molecule has 4 rings (SSSR count). The van der Waals surface area contributed by atoms with Gasteiger partial charge in [-0.3, -0.25) is 24.0 Å². The molecule has 0 aromatic heterocycles. The summed E-state index contributed by atoms with van der Waals surface area (Å²) in [4.78, 5) is 52.6. The number of carbonyl (C=O) groups excluding carboxylic acids is 1. The number of aliphatic imine (C=N–C) groups is 2. The predicted octanol–water partition coefficient (Wildman–Crippen LogP) is -2.93. The third-order valence-electron chi connectivity index (χ3n) is 8.29. The minimum Gasteiger partial charge on any atom is -0.481 e. The topological polar surface area (TPSA) is 354 Å². The van der Waals surface area contributed by atoms with Crippen molar-refractivity contribution in [2.75, 3.05) is 18.5 Å². The first-order chi connectivity index (χ1) is 24.8. The standard InChI is InChI=1S/C30H43N6O16P/c1-12(21-13(2)33-26-22(34-21)27(44)36-30(31)35-26)32-15-5-3-14(4-6-15)9-16(37)23(41)17(38)10-49-29-25(43)24(42)19(51-29)11-50-53(47,48)52-18(28(45)46)7-8-20(39)40/h3-6,12,16-19,22-25,29,32,34,37-38,41-43H,7-11H2,1-2H3,(H,39,40)(H,45,46)(H,47,48)(H3,31,33,35,36,44)/t12-,16+,17-,18+,19-,22?,23+,24-,25-,29+/m1/s1. The van der Waals surface area contributed by atoms with Crippen LogP contribution < -0.4 is 21.7 Å². The Morgan fingerprint density at radius 3 is 2.42 bits per heavy atom. The van der Waals surface area contributed by atoms with E-state index in [0.29, 0.717) is 22.6 Å². The van der Waals surface area contributed by atoms with Crippen molar-refractivity contribution >= 4 is 43.2 Å². The van der Waals surface area contributed by atoms with Gasteiger partial charge in [0.15, 0.2) is 24.3 Å². The van der Waals surface area contributed by atoms with E-state index < -0.39 is 101 Å². The molecule has 1 saturated heterocycles. The van der Waals surface area contributed by atoms with Crippen LogP contribution in [0.25, 0.3) is 0 Å². The number of hydrogen-bond donors (Lipinski definition) is 12. The van der Waals surface area contributed by atoms with Crippen LogP contribution in [-0.2, 0) is 43.9 Å². The molecule has 0 aliphatic carbocycles. The molecular weight excluding hydrogens is 731 g/mol. The molecule has 1 aromatic carbocycles. The molecule has 0 saturated carbocycles. The molecule has 53 heavy (non-hydrogen) atoms. The summed E-state index contributed by atoms with van der Waals surface area (Å²) in [6, 6.07) is 5.72. The first kappa shape index (κ1) is 41.7. The van der Waals surface area contributed by atoms with Gasteiger partial charge in [-0.15, -0.1) is 0 Å². The highest BCUT2D eigenvalue weighted by Gasteiger charge is 2.45. The lowest BCUT2D eigenvalue weighted by molar-refractivity contribution is -0.192. The van der Waals surface area contributed by atoms with E-state index in [1.807, 2.05) is 6.92 Å². The number of benzene rings is 1. The monoisotopic (exact) mass is 774 g/mol. The fourth-order valence-corrected chi connectivity index (χ4v) is 6.39. The molecule has 11 atom stereocenters. The molecule has 1 amide bonds. The van der Waals surface area contributed by atoms with E-state index in [4.69, 9.17) is 25.4 Å². The Hall–Kier alpha value is -4.06. The number of amides is 1. The van der Waals surface area contributed by atoms with E-state index in [2.05, 4.69) is 35.0 Å². The number of phosphoric ester groups is 1. The molecule has 294 valence electrons. The SMILES string of the molecule is CC1=C([C@@H](C)Nc2ccc(C[C@H](O)[C@H](O)[C@H](O)CO[C@H]3O[C@H](COP(=O)(O)O[C@@H](CCC(=O)O)C(=O)O)[C@@H](O)[C@H]3O)cc2)NC2C(=O)NC(N)=NC2=N1. The third kappa shape index (κ3) is 11.2. The highest BCUT2D eigenvalue weighted by atomic mass is 31.2. The Morgan fingerprint density at radius 1 is 1.09 bits per heavy atom. The van der Waals surface area contributed by atoms with E-state index in [9.17, 15) is 49.4 Å². The summed E-state index contributed by atoms with van der Waals surface area (Å²) in [6.45, 7) is 2.04. The molecule has 22 nitrogen and oxygen atoms in total. The van der Waals surface area contributed by atoms with Gasteiger partial charge in [0.2, 0.25) is 5.96 Å². The molecular formula is C30H43N6O16P. The number of nitrogens with two attached hydrogens (primary N) is 1. The van der Waals surface area contributed by atoms with Crippen LogP contribution in [0.2, 0.25) is 0 Å². The molecule has 0 bridgehead atoms. The molecule has 3 heterocycles. The number of hydrogen-bond acceptors (Lipinski definition) is 18. The number of aliphatic carboxylic acids is 2. The number of fused-ring (bicyclic) bond motifs is 1. The quantitative estimate of drug-likeness (QED) is 0.0626. The van der Waals surface area contributed by atoms with E-state index >= 15 is 0 Å². The number of carboxylic acids is 2. The molecule has 3 aliphatic heterocycles. The van der Waals surface area contributed by atoms with Crippen LogP contribution in [-0.4, -0.2) is 145 Å². The van der Waals surface area contributed by atoms with Crippen LogP contribution in [0, 0.1) is 0 Å². The highest BCUT2D eigenvalue weighted by Crippen LogP contribution is 2.46. The van der Waals surface area contributed by atoms with Crippen molar-refractivity contribution in [3.63, 3.8) is 0 Å². The number of nitrogens with one attached hydrogen (secondary N) is 3. The van der Waals surface area contributed by atoms with E-state index in [1.54, 1.807) is 31.2 Å². The van der Waals surface area contributed by atoms with Gasteiger partial charge in [-0.2, -0.15) is 4.99 Å². The van der Waals surface area contributed by atoms with E-state index in [-0.39, 0.29) is 30.2 Å². The molecule has 23 heteroatoms. The van der Waals surface area contributed by atoms with Gasteiger partial charge in [0.05, 0.1) is 36.8 Å². The van der Waals surface area contributed by atoms with Crippen LogP contribution in [0.5, 0.6) is 0 Å². The maximum atomic E-state index is 12.3. The molecule has 1 fully saturated rings. The minimum absolute atomic E-state index is 0.0334. The second-order valence-electron chi connectivity index (χ2n) is 12.4. The number of allylic oxidation sites excluding steroid dienone is 1. The first-order valence-corrected chi connectivity index (χ1v) is 17.7. The zero-order valence-corrected chi connectivity index (χ0v) is 29.3. The van der Waals surface area contributed by atoms with Crippen molar-refractivity contribution in [3.8, 4) is 0 Å². The molecule has 1 aromatic rings. The summed E-state index contributed by atoms with van der Waals surface area (Å²) >= 11 is 0. The third-order valence-corrected chi connectivity index (χ3v) is 9.29. The fraction of sp³-hybridized carbons (Fsp3) is 0.567. The van der Waals surface area contributed by atoms with Gasteiger partial charge in [-0.05, 0) is 38.0 Å². The van der Waals surface area contributed by atoms with Crippen molar-refractivity contribution in [1.82, 2.24) is 10.6 Å². The minimum atomic E-state index is -5.11. The molecule has 0 radical (unpaired) electrons. The van der Waals surface area contributed by atoms with Crippen LogP contribution in [0.3, 0.4) is 0 Å². The summed E-state index contributed by atoms with van der Waals surface area (Å²) in [6.07, 6.45) is -14.9. The summed E-state index contributed by atoms with van der Waals surface area (Å²) in [5, 5.41) is 78.9. The van der Waals surface area contributed by atoms with Crippen LogP contribution in [0.1, 0.15) is 32.3 Å². The van der Waals surface area contributed by atoms with Crippen molar-refractivity contribution < 1.29 is 78.1 Å². The van der Waals surface area contributed by atoms with E-state index in [1.165, 1.54) is 0 Å². The average molecular weight is 775 g/mol. The maximum absolute atomic E-state index is 12.3. The van der Waals surface area contributed by atoms with Gasteiger partial charge in [-0.1, -0.05) is 12.1 Å². The summed E-state index contributed by atoms with van der Waals surface area (Å²) in [7, 11) is -5.11. The number of guanidine groups is 1. The zero-order valence-electron chi connectivity index (χ0n) is 28.4. The lowest BCUT2D eigenvalue weighted by Crippen LogP contribution is -2.58. The first-order valence-electron chi connectivity index (χ1n) is 16.2. The lowest BCUT2D eigenvalue weighted by atomic mass is 10.0. The zero-order chi connectivity index (χ0) is 39.2. The number of anilines is 1. The average Bonchev–Trinajstić information content (AvgIpc) is 3.35. The highest BCUT2D eigenvalue weighted by molar-refractivity contribution is 7.47. The van der Waals surface area contributed by atoms with Gasteiger partial charge in [0.1, 0.15) is 30.5 Å². The second kappa shape index (κ2) is 17.8. The lowest BCUT2D eigenvalue weighted by Gasteiger charge is -2.31. The van der Waals surface area contributed by atoms with Gasteiger partial charge < -0.3 is 66.5 Å². The number of carbonyl (C=O) groups is 3. The summed E-state index contributed by atoms with van der Waals surface area (Å²) < 4.78 is 32.0. The maximum Gasteiger partial charge on any atom is 0.473 e. The Bertz CT molecular complexity index is 1640. The van der Waals surface area contributed by atoms with Crippen LogP contribution in [0.4, 0.5) is 5.69 Å². The van der Waals surface area contributed by atoms with Gasteiger partial charge >= 0.3 is 19.8 Å². The second-order valence-corrected chi connectivity index (χ2v) is 13.8. The summed E-state index contributed by atoms with van der Waals surface area (Å²) in [5.41, 5.74) is 8.18. The van der Waals surface area contributed by atoms with Gasteiger partial charge in [0.25, 0.3) is 5.91 Å². The molecule has 3 aliphatic rings. The number of aliphatic hydroxyl groups is 5. The Morgan fingerprint density at radius 2 is 1.77 bits per heavy atom. The number of ether oxygens (including phenoxy) is 2. The fourth-order valence-electron chi connectivity index (χ4n) is 5.48. The molecule has 2 unspecified atom stereocenters. The number of amidine groups is 1. The van der Waals surface area contributed by atoms with Crippen molar-refractivity contribution in [2.24, 2.45) is 15.7 Å². The Labute approximate surface area is 301 Å². The van der Waals surface area contributed by atoms with Crippen molar-refractivity contribution in [1.29, 1.82) is 0 Å². The predicted molar refractivity (Wildman–Crippen MR) is 180 cm³/mol. The van der Waals surface area contributed by atoms with Gasteiger partial charge in [0, 0.05) is 18.5 Å². The Balaban J connectivity index is 1.23. The van der Waals surface area contributed by atoms with Crippen LogP contribution in [0.15, 0.2) is 45.6 Å². The number of nitrogens with zero attached hydrogens (tertiary/aromatic N) is 2. The Kier molecular flexibility index (Phi) is 14.0. The van der Waals surface area contributed by atoms with Crippen LogP contribution >= 0.6 is 7.82 Å². The molecule has 0 spiro atoms. The van der Waals surface area contributed by atoms with Crippen molar-refractivity contribution in [3.05, 3.63) is 41.2 Å². The van der Waals surface area contributed by atoms with E-state index in [0.717, 1.165) is 0 Å². The van der Waals surface area contributed by atoms with Crippen molar-refractivity contribution in [2.45, 2.75) is 94.2 Å². The number of phosphoric acid groups is 1. The summed E-state index contributed by atoms with van der Waals surface area (Å²) in [5.74, 6) is -3.24. The number of rotatable bonds is 19. The normalized spacial score (nSPS) is 26.8. The smallest absolute Gasteiger partial charge is 0.473 e. The van der Waals surface area contributed by atoms with Gasteiger partial charge in [-0.25, -0.2) is 14.4 Å². The largest absolute Gasteiger partial charge is 0.481 e. The molecule has 13 N–H and O–H groups in total. The number of aliphatic hydroxyl groups excluding tert-OH is 5. The number of carboxylic acid groups (broad SMARTS) is 2.